The fourth-order valence-electron chi connectivity index (χ4n) is 3.93. The number of aromatic carboxylic acids is 1. The zero-order chi connectivity index (χ0) is 20.9. The Balaban J connectivity index is 2.17. The Morgan fingerprint density at radius 3 is 1.82 bits per heavy atom. The lowest BCUT2D eigenvalue weighted by molar-refractivity contribution is 0.0696. The van der Waals surface area contributed by atoms with Crippen LogP contribution in [0.1, 0.15) is 87.2 Å². The molecule has 2 aromatic carbocycles. The summed E-state index contributed by atoms with van der Waals surface area (Å²) in [5, 5.41) is 9.09. The van der Waals surface area contributed by atoms with Crippen molar-refractivity contribution in [3.63, 3.8) is 0 Å². The van der Waals surface area contributed by atoms with Crippen molar-refractivity contribution < 1.29 is 14.7 Å². The van der Waals surface area contributed by atoms with Crippen LogP contribution in [-0.2, 0) is 10.8 Å². The molecule has 0 aliphatic heterocycles. The molecule has 0 fully saturated rings. The molecule has 0 radical (unpaired) electrons. The SMILES string of the molecule is CC1(C)CCC(C)(C)c2cc(C(Br)Br)c(C(=O)c3ccc(C(=O)O)cc3)cc21. The highest BCUT2D eigenvalue weighted by Gasteiger charge is 2.38. The lowest BCUT2D eigenvalue weighted by Gasteiger charge is -2.42. The van der Waals surface area contributed by atoms with E-state index in [4.69, 9.17) is 5.11 Å². The highest BCUT2D eigenvalue weighted by molar-refractivity contribution is 9.24. The first-order chi connectivity index (χ1) is 12.9. The highest BCUT2D eigenvalue weighted by atomic mass is 79.9. The van der Waals surface area contributed by atoms with E-state index in [9.17, 15) is 9.59 Å². The number of benzene rings is 2. The molecule has 0 amide bonds. The Morgan fingerprint density at radius 1 is 0.893 bits per heavy atom. The summed E-state index contributed by atoms with van der Waals surface area (Å²) in [6.07, 6.45) is 2.17. The van der Waals surface area contributed by atoms with E-state index in [2.05, 4.69) is 71.7 Å². The molecule has 2 aromatic rings. The van der Waals surface area contributed by atoms with Crippen LogP contribution < -0.4 is 0 Å². The molecular weight excluding hydrogens is 484 g/mol. The van der Waals surface area contributed by atoms with Crippen molar-refractivity contribution in [1.29, 1.82) is 0 Å². The standard InChI is InChI=1S/C23H24Br2O3/c1-22(2)9-10-23(3,4)18-12-16(20(24)25)15(11-17(18)22)19(26)13-5-7-14(8-6-13)21(27)28/h5-8,11-12,20H,9-10H2,1-4H3,(H,27,28). The van der Waals surface area contributed by atoms with E-state index in [1.54, 1.807) is 12.1 Å². The number of carboxylic acid groups (broad SMARTS) is 1. The largest absolute Gasteiger partial charge is 0.478 e. The van der Waals surface area contributed by atoms with Crippen LogP contribution in [0.3, 0.4) is 0 Å². The molecule has 1 N–H and O–H groups in total. The predicted molar refractivity (Wildman–Crippen MR) is 119 cm³/mol. The fraction of sp³-hybridized carbons (Fsp3) is 0.391. The van der Waals surface area contributed by atoms with Gasteiger partial charge in [-0.25, -0.2) is 4.79 Å². The van der Waals surface area contributed by atoms with Gasteiger partial charge in [0.15, 0.2) is 5.78 Å². The Hall–Kier alpha value is -1.46. The van der Waals surface area contributed by atoms with E-state index in [1.165, 1.54) is 23.3 Å². The van der Waals surface area contributed by atoms with E-state index < -0.39 is 5.97 Å². The summed E-state index contributed by atoms with van der Waals surface area (Å²) in [6.45, 7) is 8.98. The molecule has 0 saturated carbocycles. The van der Waals surface area contributed by atoms with Gasteiger partial charge in [-0.3, -0.25) is 4.79 Å². The molecule has 0 unspecified atom stereocenters. The molecule has 1 aliphatic carbocycles. The van der Waals surface area contributed by atoms with Gasteiger partial charge in [-0.15, -0.1) is 0 Å². The molecular formula is C23H24Br2O3. The first kappa shape index (κ1) is 21.3. The second kappa shape index (κ2) is 7.42. The van der Waals surface area contributed by atoms with Crippen LogP contribution in [0.25, 0.3) is 0 Å². The van der Waals surface area contributed by atoms with Crippen molar-refractivity contribution in [1.82, 2.24) is 0 Å². The summed E-state index contributed by atoms with van der Waals surface area (Å²) >= 11 is 7.17. The summed E-state index contributed by atoms with van der Waals surface area (Å²) in [6, 6.07) is 10.3. The lowest BCUT2D eigenvalue weighted by atomic mass is 9.62. The van der Waals surface area contributed by atoms with Gasteiger partial charge in [0.1, 0.15) is 0 Å². The quantitative estimate of drug-likeness (QED) is 0.367. The van der Waals surface area contributed by atoms with Gasteiger partial charge in [0.25, 0.3) is 0 Å². The number of hydrogen-bond acceptors (Lipinski definition) is 2. The first-order valence-corrected chi connectivity index (χ1v) is 11.1. The van der Waals surface area contributed by atoms with Crippen molar-refractivity contribution >= 4 is 43.6 Å². The molecule has 0 atom stereocenters. The third kappa shape index (κ3) is 3.84. The number of carbonyl (C=O) groups is 2. The third-order valence-electron chi connectivity index (χ3n) is 5.90. The monoisotopic (exact) mass is 506 g/mol. The van der Waals surface area contributed by atoms with Gasteiger partial charge in [-0.05, 0) is 58.6 Å². The van der Waals surface area contributed by atoms with Gasteiger partial charge >= 0.3 is 5.97 Å². The summed E-state index contributed by atoms with van der Waals surface area (Å²) in [5.74, 6) is -1.10. The van der Waals surface area contributed by atoms with Crippen LogP contribution >= 0.6 is 31.9 Å². The Kier molecular flexibility index (Phi) is 5.63. The summed E-state index contributed by atoms with van der Waals surface area (Å²) in [7, 11) is 0. The Morgan fingerprint density at radius 2 is 1.36 bits per heavy atom. The van der Waals surface area contributed by atoms with Crippen molar-refractivity contribution in [2.45, 2.75) is 55.1 Å². The zero-order valence-electron chi connectivity index (χ0n) is 16.5. The van der Waals surface area contributed by atoms with E-state index in [0.717, 1.165) is 18.4 Å². The van der Waals surface area contributed by atoms with Crippen LogP contribution in [-0.4, -0.2) is 16.9 Å². The van der Waals surface area contributed by atoms with Gasteiger partial charge in [-0.2, -0.15) is 0 Å². The van der Waals surface area contributed by atoms with Crippen molar-refractivity contribution in [3.8, 4) is 0 Å². The second-order valence-electron chi connectivity index (χ2n) is 8.77. The molecule has 28 heavy (non-hydrogen) atoms. The van der Waals surface area contributed by atoms with E-state index in [1.807, 2.05) is 0 Å². The van der Waals surface area contributed by atoms with Crippen LogP contribution in [0.4, 0.5) is 0 Å². The maximum Gasteiger partial charge on any atom is 0.335 e. The van der Waals surface area contributed by atoms with Crippen molar-refractivity contribution in [2.24, 2.45) is 0 Å². The second-order valence-corrected chi connectivity index (χ2v) is 11.8. The molecule has 3 nitrogen and oxygen atoms in total. The molecule has 148 valence electrons. The van der Waals surface area contributed by atoms with Crippen molar-refractivity contribution in [3.05, 3.63) is 69.8 Å². The number of rotatable bonds is 4. The fourth-order valence-corrected chi connectivity index (χ4v) is 4.69. The summed E-state index contributed by atoms with van der Waals surface area (Å²) in [5.41, 5.74) is 4.77. The molecule has 0 bridgehead atoms. The minimum absolute atomic E-state index is 0.000297. The number of alkyl halides is 2. The van der Waals surface area contributed by atoms with E-state index >= 15 is 0 Å². The average molecular weight is 508 g/mol. The van der Waals surface area contributed by atoms with Gasteiger partial charge in [0.05, 0.1) is 9.30 Å². The van der Waals surface area contributed by atoms with Gasteiger partial charge in [0.2, 0.25) is 0 Å². The molecule has 1 aliphatic rings. The van der Waals surface area contributed by atoms with Crippen LogP contribution in [0, 0.1) is 0 Å². The summed E-state index contributed by atoms with van der Waals surface area (Å²) < 4.78 is -0.150. The van der Waals surface area contributed by atoms with Crippen LogP contribution in [0.2, 0.25) is 0 Å². The number of hydrogen-bond donors (Lipinski definition) is 1. The molecule has 0 spiro atoms. The normalized spacial score (nSPS) is 17.2. The van der Waals surface area contributed by atoms with E-state index in [-0.39, 0.29) is 25.9 Å². The van der Waals surface area contributed by atoms with E-state index in [0.29, 0.717) is 11.1 Å². The van der Waals surface area contributed by atoms with Gasteiger partial charge in [0, 0.05) is 11.1 Å². The predicted octanol–water partition coefficient (Wildman–Crippen LogP) is 6.75. The number of ketones is 1. The molecule has 0 heterocycles. The molecule has 0 saturated heterocycles. The topological polar surface area (TPSA) is 54.4 Å². The lowest BCUT2D eigenvalue weighted by Crippen LogP contribution is -2.34. The van der Waals surface area contributed by atoms with Gasteiger partial charge < -0.3 is 5.11 Å². The number of carboxylic acids is 1. The first-order valence-electron chi connectivity index (χ1n) is 9.29. The average Bonchev–Trinajstić information content (AvgIpc) is 2.64. The highest BCUT2D eigenvalue weighted by Crippen LogP contribution is 2.48. The minimum Gasteiger partial charge on any atom is -0.478 e. The number of carbonyl (C=O) groups excluding carboxylic acids is 1. The van der Waals surface area contributed by atoms with Crippen LogP contribution in [0.5, 0.6) is 0 Å². The number of fused-ring (bicyclic) bond motifs is 1. The maximum absolute atomic E-state index is 13.3. The van der Waals surface area contributed by atoms with Crippen molar-refractivity contribution in [2.75, 3.05) is 0 Å². The molecule has 3 rings (SSSR count). The minimum atomic E-state index is -1.00. The smallest absolute Gasteiger partial charge is 0.335 e. The van der Waals surface area contributed by atoms with Gasteiger partial charge in [-0.1, -0.05) is 77.8 Å². The molecule has 0 aromatic heterocycles. The molecule has 5 heteroatoms. The number of halogens is 2. The zero-order valence-corrected chi connectivity index (χ0v) is 19.6. The maximum atomic E-state index is 13.3. The summed E-state index contributed by atoms with van der Waals surface area (Å²) in [4.78, 5) is 24.4. The van der Waals surface area contributed by atoms with Crippen LogP contribution in [0.15, 0.2) is 36.4 Å². The third-order valence-corrected chi connectivity index (χ3v) is 6.88. The Bertz CT molecular complexity index is 941. The Labute approximate surface area is 182 Å².